The van der Waals surface area contributed by atoms with Gasteiger partial charge in [0.05, 0.1) is 23.1 Å². The number of hydrogen-bond donors (Lipinski definition) is 2. The van der Waals surface area contributed by atoms with E-state index in [1.807, 2.05) is 24.8 Å². The highest BCUT2D eigenvalue weighted by molar-refractivity contribution is 5.99. The molecule has 0 aliphatic carbocycles. The lowest BCUT2D eigenvalue weighted by atomic mass is 10.1. The Morgan fingerprint density at radius 1 is 0.868 bits per heavy atom. The van der Waals surface area contributed by atoms with Crippen LogP contribution in [-0.2, 0) is 6.54 Å². The first-order valence-electron chi connectivity index (χ1n) is 13.6. The Balaban J connectivity index is 1.22. The van der Waals surface area contributed by atoms with Crippen molar-refractivity contribution in [2.45, 2.75) is 25.8 Å². The van der Waals surface area contributed by atoms with E-state index in [0.29, 0.717) is 0 Å². The van der Waals surface area contributed by atoms with Crippen LogP contribution in [0.2, 0.25) is 0 Å². The maximum atomic E-state index is 4.74. The SMILES string of the molecule is CN1CCN(c2ccnc3[nH]c(-c4n[nH]c5cnc(-c6cncc(CN7CCCCC7)c6)cc45)cc23)CC1. The van der Waals surface area contributed by atoms with Crippen molar-refractivity contribution in [2.24, 2.45) is 0 Å². The maximum Gasteiger partial charge on any atom is 0.139 e. The van der Waals surface area contributed by atoms with Gasteiger partial charge in [-0.2, -0.15) is 5.10 Å². The van der Waals surface area contributed by atoms with Crippen LogP contribution in [-0.4, -0.2) is 86.2 Å². The number of piperazine rings is 1. The lowest BCUT2D eigenvalue weighted by Crippen LogP contribution is -2.44. The number of aromatic amines is 2. The molecule has 5 aromatic heterocycles. The van der Waals surface area contributed by atoms with Crippen LogP contribution in [0.25, 0.3) is 44.6 Å². The van der Waals surface area contributed by atoms with Crippen LogP contribution in [0.4, 0.5) is 5.69 Å². The van der Waals surface area contributed by atoms with Gasteiger partial charge in [0.2, 0.25) is 0 Å². The van der Waals surface area contributed by atoms with Gasteiger partial charge in [-0.1, -0.05) is 6.42 Å². The zero-order valence-corrected chi connectivity index (χ0v) is 21.8. The smallest absolute Gasteiger partial charge is 0.139 e. The van der Waals surface area contributed by atoms with E-state index < -0.39 is 0 Å². The van der Waals surface area contributed by atoms with Gasteiger partial charge in [-0.3, -0.25) is 20.0 Å². The van der Waals surface area contributed by atoms with Gasteiger partial charge < -0.3 is 14.8 Å². The Kier molecular flexibility index (Phi) is 6.02. The molecule has 0 atom stereocenters. The van der Waals surface area contributed by atoms with E-state index in [-0.39, 0.29) is 0 Å². The van der Waals surface area contributed by atoms with Crippen LogP contribution >= 0.6 is 0 Å². The van der Waals surface area contributed by atoms with E-state index in [2.05, 4.69) is 71.2 Å². The third-order valence-corrected chi connectivity index (χ3v) is 8.00. The van der Waals surface area contributed by atoms with Crippen molar-refractivity contribution in [1.29, 1.82) is 0 Å². The van der Waals surface area contributed by atoms with E-state index >= 15 is 0 Å². The van der Waals surface area contributed by atoms with Crippen molar-refractivity contribution in [3.05, 3.63) is 54.6 Å². The largest absolute Gasteiger partial charge is 0.368 e. The van der Waals surface area contributed by atoms with Crippen molar-refractivity contribution in [2.75, 3.05) is 51.2 Å². The van der Waals surface area contributed by atoms with Gasteiger partial charge in [0.1, 0.15) is 11.3 Å². The normalized spacial score (nSPS) is 17.6. The summed E-state index contributed by atoms with van der Waals surface area (Å²) >= 11 is 0. The molecule has 0 amide bonds. The van der Waals surface area contributed by atoms with Gasteiger partial charge >= 0.3 is 0 Å². The molecule has 2 saturated heterocycles. The first-order valence-corrected chi connectivity index (χ1v) is 13.6. The first-order chi connectivity index (χ1) is 18.7. The summed E-state index contributed by atoms with van der Waals surface area (Å²) in [6.07, 6.45) is 11.6. The van der Waals surface area contributed by atoms with Gasteiger partial charge in [0.25, 0.3) is 0 Å². The molecule has 38 heavy (non-hydrogen) atoms. The topological polar surface area (TPSA) is 92.9 Å². The summed E-state index contributed by atoms with van der Waals surface area (Å²) in [7, 11) is 2.18. The molecule has 5 aromatic rings. The highest BCUT2D eigenvalue weighted by atomic mass is 15.2. The van der Waals surface area contributed by atoms with Crippen LogP contribution in [0.15, 0.2) is 49.1 Å². The van der Waals surface area contributed by atoms with Gasteiger partial charge in [0, 0.05) is 73.3 Å². The molecule has 9 heteroatoms. The number of nitrogens with one attached hydrogen (secondary N) is 2. The van der Waals surface area contributed by atoms with E-state index in [1.54, 1.807) is 0 Å². The molecular weight excluding hydrogens is 474 g/mol. The number of rotatable bonds is 5. The molecule has 9 nitrogen and oxygen atoms in total. The Bertz CT molecular complexity index is 1570. The van der Waals surface area contributed by atoms with Gasteiger partial charge in [0.15, 0.2) is 0 Å². The molecule has 7 rings (SSSR count). The molecule has 2 aliphatic heterocycles. The number of aromatic nitrogens is 6. The Hall–Kier alpha value is -3.82. The lowest BCUT2D eigenvalue weighted by Gasteiger charge is -2.34. The number of anilines is 1. The highest BCUT2D eigenvalue weighted by Gasteiger charge is 2.20. The van der Waals surface area contributed by atoms with Gasteiger partial charge in [-0.15, -0.1) is 0 Å². The fourth-order valence-corrected chi connectivity index (χ4v) is 5.83. The predicted molar refractivity (Wildman–Crippen MR) is 151 cm³/mol. The summed E-state index contributed by atoms with van der Waals surface area (Å²) in [6, 6.07) is 8.66. The maximum absolute atomic E-state index is 4.74. The molecule has 7 heterocycles. The van der Waals surface area contributed by atoms with Crippen LogP contribution in [0, 0.1) is 0 Å². The van der Waals surface area contributed by atoms with E-state index in [9.17, 15) is 0 Å². The molecule has 0 spiro atoms. The predicted octanol–water partition coefficient (Wildman–Crippen LogP) is 4.30. The number of hydrogen-bond acceptors (Lipinski definition) is 7. The summed E-state index contributed by atoms with van der Waals surface area (Å²) in [5.41, 5.74) is 8.02. The summed E-state index contributed by atoms with van der Waals surface area (Å²) in [5, 5.41) is 10.0. The summed E-state index contributed by atoms with van der Waals surface area (Å²) in [5.74, 6) is 0. The average molecular weight is 508 g/mol. The minimum atomic E-state index is 0.878. The number of H-pyrrole nitrogens is 2. The van der Waals surface area contributed by atoms with Crippen LogP contribution in [0.3, 0.4) is 0 Å². The second-order valence-electron chi connectivity index (χ2n) is 10.7. The molecule has 0 unspecified atom stereocenters. The molecule has 0 radical (unpaired) electrons. The van der Waals surface area contributed by atoms with Gasteiger partial charge in [-0.05, 0) is 62.8 Å². The monoisotopic (exact) mass is 507 g/mol. The number of nitrogens with zero attached hydrogens (tertiary/aromatic N) is 7. The molecular formula is C29H33N9. The number of fused-ring (bicyclic) bond motifs is 2. The number of likely N-dealkylation sites (tertiary alicyclic amines) is 1. The zero-order chi connectivity index (χ0) is 25.5. The minimum Gasteiger partial charge on any atom is -0.368 e. The van der Waals surface area contributed by atoms with Crippen LogP contribution in [0.1, 0.15) is 24.8 Å². The fraction of sp³-hybridized carbons (Fsp3) is 0.379. The van der Waals surface area contributed by atoms with E-state index in [1.165, 1.54) is 43.6 Å². The Morgan fingerprint density at radius 2 is 1.74 bits per heavy atom. The highest BCUT2D eigenvalue weighted by Crippen LogP contribution is 2.34. The molecule has 194 valence electrons. The molecule has 2 aliphatic rings. The van der Waals surface area contributed by atoms with Crippen molar-refractivity contribution in [3.63, 3.8) is 0 Å². The first kappa shape index (κ1) is 23.3. The summed E-state index contributed by atoms with van der Waals surface area (Å²) in [6.45, 7) is 7.44. The van der Waals surface area contributed by atoms with Crippen molar-refractivity contribution >= 4 is 27.6 Å². The fourth-order valence-electron chi connectivity index (χ4n) is 5.83. The third-order valence-electron chi connectivity index (χ3n) is 8.00. The molecule has 0 bridgehead atoms. The molecule has 0 aromatic carbocycles. The van der Waals surface area contributed by atoms with Gasteiger partial charge in [-0.25, -0.2) is 4.98 Å². The zero-order valence-electron chi connectivity index (χ0n) is 21.8. The van der Waals surface area contributed by atoms with Crippen molar-refractivity contribution < 1.29 is 0 Å². The summed E-state index contributed by atoms with van der Waals surface area (Å²) in [4.78, 5) is 24.8. The molecule has 2 fully saturated rings. The van der Waals surface area contributed by atoms with E-state index in [0.717, 1.165) is 77.3 Å². The second kappa shape index (κ2) is 9.81. The number of pyridine rings is 3. The van der Waals surface area contributed by atoms with Crippen LogP contribution < -0.4 is 4.90 Å². The number of piperidine rings is 1. The Labute approximate surface area is 221 Å². The summed E-state index contributed by atoms with van der Waals surface area (Å²) < 4.78 is 0. The third kappa shape index (κ3) is 4.41. The second-order valence-corrected chi connectivity index (χ2v) is 10.7. The van der Waals surface area contributed by atoms with Crippen molar-refractivity contribution in [3.8, 4) is 22.6 Å². The lowest BCUT2D eigenvalue weighted by molar-refractivity contribution is 0.220. The van der Waals surface area contributed by atoms with Crippen LogP contribution in [0.5, 0.6) is 0 Å². The van der Waals surface area contributed by atoms with E-state index in [4.69, 9.17) is 4.98 Å². The van der Waals surface area contributed by atoms with Crippen molar-refractivity contribution in [1.82, 2.24) is 39.9 Å². The Morgan fingerprint density at radius 3 is 2.61 bits per heavy atom. The quantitative estimate of drug-likeness (QED) is 0.366. The number of likely N-dealkylation sites (N-methyl/N-ethyl adjacent to an activating group) is 1. The minimum absolute atomic E-state index is 0.878. The standard InChI is InChI=1S/C29H33N9/c1-36-9-11-38(12-10-36)27-5-6-31-29-23(27)15-25(33-29)28-22-14-24(32-18-26(22)34-35-28)21-13-20(16-30-17-21)19-37-7-3-2-4-8-37/h5-6,13-18H,2-4,7-12,19H2,1H3,(H,31,33)(H,34,35). The average Bonchev–Trinajstić information content (AvgIpc) is 3.58. The molecule has 0 saturated carbocycles. The molecule has 2 N–H and O–H groups in total.